The van der Waals surface area contributed by atoms with Crippen LogP contribution in [0.2, 0.25) is 0 Å². The molecular formula is C30H43FO3. The summed E-state index contributed by atoms with van der Waals surface area (Å²) in [6.45, 7) is 38.9. The van der Waals surface area contributed by atoms with Crippen molar-refractivity contribution in [2.75, 3.05) is 20.8 Å². The molecule has 0 aliphatic heterocycles. The quantitative estimate of drug-likeness (QED) is 0.154. The van der Waals surface area contributed by atoms with Crippen LogP contribution in [0.25, 0.3) is 0 Å². The molecule has 0 aliphatic carbocycles. The molecule has 0 aliphatic rings. The van der Waals surface area contributed by atoms with Crippen LogP contribution in [0.3, 0.4) is 0 Å². The number of rotatable bonds is 13. The van der Waals surface area contributed by atoms with E-state index in [9.17, 15) is 4.39 Å². The molecule has 0 radical (unpaired) electrons. The highest BCUT2D eigenvalue weighted by Gasteiger charge is 2.12. The van der Waals surface area contributed by atoms with Crippen molar-refractivity contribution in [2.45, 2.75) is 26.7 Å². The van der Waals surface area contributed by atoms with Crippen molar-refractivity contribution in [1.29, 1.82) is 0 Å². The van der Waals surface area contributed by atoms with Gasteiger partial charge < -0.3 is 14.3 Å². The Bertz CT molecular complexity index is 790. The molecule has 0 aromatic rings. The lowest BCUT2D eigenvalue weighted by molar-refractivity contribution is -0.0979. The molecule has 0 aromatic heterocycles. The monoisotopic (exact) mass is 470 g/mol. The number of hydrogen-bond acceptors (Lipinski definition) is 3. The Morgan fingerprint density at radius 3 is 1.79 bits per heavy atom. The minimum absolute atomic E-state index is 0.164. The third-order valence-corrected chi connectivity index (χ3v) is 3.90. The molecule has 0 heterocycles. The standard InChI is InChI=1S/C24H31FO2.C3H6.C2H4.CH2O/c1-10-17(2)11-12-18(3)19(4)15-24(25)22(7)21(6)23(13-14-26-8)16-20(5)27-9;1-3-2;2*1-2/h11-12,15-16H,2-7,10,13-14H2,1,8-9H3;3H,1H2,2H3;1-2H2;1H2/b12-11-,23-16-,24-15+;;;. The maximum atomic E-state index is 14.7. The van der Waals surface area contributed by atoms with Gasteiger partial charge in [0.05, 0.1) is 13.7 Å². The van der Waals surface area contributed by atoms with Crippen molar-refractivity contribution in [3.8, 4) is 0 Å². The first-order valence-corrected chi connectivity index (χ1v) is 10.4. The second kappa shape index (κ2) is 25.8. The lowest BCUT2D eigenvalue weighted by Crippen LogP contribution is -1.99. The molecule has 0 spiro atoms. The third kappa shape index (κ3) is 19.2. The normalized spacial score (nSPS) is 10.1. The molecule has 0 aromatic carbocycles. The smallest absolute Gasteiger partial charge is 0.131 e. The van der Waals surface area contributed by atoms with E-state index in [4.69, 9.17) is 14.3 Å². The van der Waals surface area contributed by atoms with Gasteiger partial charge >= 0.3 is 0 Å². The Labute approximate surface area is 207 Å². The molecule has 3 nitrogen and oxygen atoms in total. The topological polar surface area (TPSA) is 35.5 Å². The molecule has 0 fully saturated rings. The molecule has 0 unspecified atom stereocenters. The average Bonchev–Trinajstić information content (AvgIpc) is 2.86. The van der Waals surface area contributed by atoms with Crippen molar-refractivity contribution in [3.63, 3.8) is 0 Å². The summed E-state index contributed by atoms with van der Waals surface area (Å²) in [6.07, 6.45) is 9.72. The van der Waals surface area contributed by atoms with E-state index >= 15 is 0 Å². The minimum atomic E-state index is -0.528. The summed E-state index contributed by atoms with van der Waals surface area (Å²) in [7, 11) is 3.11. The van der Waals surface area contributed by atoms with Gasteiger partial charge in [-0.05, 0) is 54.2 Å². The van der Waals surface area contributed by atoms with E-state index in [1.807, 2.05) is 26.7 Å². The van der Waals surface area contributed by atoms with E-state index in [0.717, 1.165) is 17.6 Å². The number of carbonyl (C=O) groups is 1. The van der Waals surface area contributed by atoms with Crippen molar-refractivity contribution in [3.05, 3.63) is 135 Å². The summed E-state index contributed by atoms with van der Waals surface area (Å²) in [5, 5.41) is 0. The average molecular weight is 471 g/mol. The second-order valence-electron chi connectivity index (χ2n) is 6.34. The molecule has 34 heavy (non-hydrogen) atoms. The zero-order valence-corrected chi connectivity index (χ0v) is 21.7. The largest absolute Gasteiger partial charge is 0.497 e. The predicted octanol–water partition coefficient (Wildman–Crippen LogP) is 8.52. The zero-order chi connectivity index (χ0) is 27.7. The maximum Gasteiger partial charge on any atom is 0.131 e. The highest BCUT2D eigenvalue weighted by atomic mass is 19.1. The molecule has 4 heteroatoms. The number of carbonyl (C=O) groups excluding carboxylic acids is 1. The van der Waals surface area contributed by atoms with Gasteiger partial charge in [0, 0.05) is 12.7 Å². The Hall–Kier alpha value is -3.50. The SMILES string of the molecule is C=C.C=C(/C=C\C(=C)C(=C)/C=C(/F)C(=C)C(=C)/C(=C\C(=C)OC)CCOC)CC.C=CC.C=O. The highest BCUT2D eigenvalue weighted by molar-refractivity contribution is 5.55. The molecule has 0 bridgehead atoms. The molecule has 0 saturated heterocycles. The van der Waals surface area contributed by atoms with E-state index in [2.05, 4.69) is 59.2 Å². The number of allylic oxidation sites excluding steroid dienone is 11. The molecule has 0 saturated carbocycles. The van der Waals surface area contributed by atoms with Crippen LogP contribution in [0.15, 0.2) is 135 Å². The van der Waals surface area contributed by atoms with Crippen LogP contribution in [-0.2, 0) is 14.3 Å². The van der Waals surface area contributed by atoms with Crippen molar-refractivity contribution in [2.24, 2.45) is 0 Å². The molecule has 0 atom stereocenters. The second-order valence-corrected chi connectivity index (χ2v) is 6.34. The van der Waals surface area contributed by atoms with Crippen molar-refractivity contribution >= 4 is 6.79 Å². The lowest BCUT2D eigenvalue weighted by Gasteiger charge is -2.13. The Morgan fingerprint density at radius 2 is 1.38 bits per heavy atom. The molecule has 0 rings (SSSR count). The fraction of sp³-hybridized carbons (Fsp3) is 0.233. The van der Waals surface area contributed by atoms with Gasteiger partial charge in [0.25, 0.3) is 0 Å². The van der Waals surface area contributed by atoms with Crippen molar-refractivity contribution < 1.29 is 18.7 Å². The van der Waals surface area contributed by atoms with E-state index in [1.165, 1.54) is 13.2 Å². The molecule has 0 amide bonds. The van der Waals surface area contributed by atoms with Crippen LogP contribution in [0, 0.1) is 0 Å². The van der Waals surface area contributed by atoms with Gasteiger partial charge in [0.15, 0.2) is 0 Å². The minimum Gasteiger partial charge on any atom is -0.497 e. The Morgan fingerprint density at radius 1 is 0.882 bits per heavy atom. The van der Waals surface area contributed by atoms with E-state index in [-0.39, 0.29) is 5.57 Å². The van der Waals surface area contributed by atoms with E-state index in [1.54, 1.807) is 25.3 Å². The Balaban J connectivity index is -0.000000576. The van der Waals surface area contributed by atoms with Crippen molar-refractivity contribution in [1.82, 2.24) is 0 Å². The van der Waals surface area contributed by atoms with Gasteiger partial charge in [-0.3, -0.25) is 0 Å². The van der Waals surface area contributed by atoms with E-state index in [0.29, 0.717) is 35.5 Å². The summed E-state index contributed by atoms with van der Waals surface area (Å²) in [5.74, 6) is -0.0845. The number of halogens is 1. The van der Waals surface area contributed by atoms with Crippen LogP contribution in [0.5, 0.6) is 0 Å². The summed E-state index contributed by atoms with van der Waals surface area (Å²) in [6, 6.07) is 0. The first kappa shape index (κ1) is 37.8. The first-order chi connectivity index (χ1) is 16.1. The van der Waals surface area contributed by atoms with Crippen LogP contribution in [0.1, 0.15) is 26.7 Å². The highest BCUT2D eigenvalue weighted by Crippen LogP contribution is 2.28. The predicted molar refractivity (Wildman–Crippen MR) is 149 cm³/mol. The van der Waals surface area contributed by atoms with Gasteiger partial charge in [-0.25, -0.2) is 4.39 Å². The van der Waals surface area contributed by atoms with Crippen LogP contribution >= 0.6 is 0 Å². The van der Waals surface area contributed by atoms with Gasteiger partial charge in [0.1, 0.15) is 18.4 Å². The van der Waals surface area contributed by atoms with Crippen LogP contribution < -0.4 is 0 Å². The summed E-state index contributed by atoms with van der Waals surface area (Å²) >= 11 is 0. The fourth-order valence-corrected chi connectivity index (χ4v) is 1.89. The fourth-order valence-electron chi connectivity index (χ4n) is 1.89. The van der Waals surface area contributed by atoms with Crippen LogP contribution in [0.4, 0.5) is 4.39 Å². The number of ether oxygens (including phenoxy) is 2. The zero-order valence-electron chi connectivity index (χ0n) is 21.7. The van der Waals surface area contributed by atoms with Gasteiger partial charge in [-0.1, -0.05) is 70.2 Å². The van der Waals surface area contributed by atoms with Gasteiger partial charge in [-0.15, -0.1) is 19.7 Å². The summed E-state index contributed by atoms with van der Waals surface area (Å²) in [4.78, 5) is 8.00. The third-order valence-electron chi connectivity index (χ3n) is 3.90. The van der Waals surface area contributed by atoms with Gasteiger partial charge in [0.2, 0.25) is 0 Å². The summed E-state index contributed by atoms with van der Waals surface area (Å²) in [5.41, 5.74) is 3.36. The molecular weight excluding hydrogens is 427 g/mol. The molecule has 0 N–H and O–H groups in total. The number of methoxy groups -OCH3 is 2. The van der Waals surface area contributed by atoms with Gasteiger partial charge in [-0.2, -0.15) is 0 Å². The summed E-state index contributed by atoms with van der Waals surface area (Å²) < 4.78 is 24.8. The maximum absolute atomic E-state index is 14.7. The Kier molecular flexibility index (Phi) is 28.6. The number of hydrogen-bond donors (Lipinski definition) is 0. The first-order valence-electron chi connectivity index (χ1n) is 10.4. The van der Waals surface area contributed by atoms with E-state index < -0.39 is 5.83 Å². The van der Waals surface area contributed by atoms with Crippen LogP contribution in [-0.4, -0.2) is 27.6 Å². The lowest BCUT2D eigenvalue weighted by atomic mass is 9.95. The molecule has 188 valence electrons.